The summed E-state index contributed by atoms with van der Waals surface area (Å²) in [5.74, 6) is 1.87. The highest BCUT2D eigenvalue weighted by Crippen LogP contribution is 2.47. The predicted molar refractivity (Wildman–Crippen MR) is 125 cm³/mol. The molecule has 1 saturated carbocycles. The Balaban J connectivity index is 1.53. The average Bonchev–Trinajstić information content (AvgIpc) is 3.42. The lowest BCUT2D eigenvalue weighted by atomic mass is 9.91. The molecule has 0 spiro atoms. The van der Waals surface area contributed by atoms with E-state index < -0.39 is 0 Å². The molecule has 0 radical (unpaired) electrons. The van der Waals surface area contributed by atoms with E-state index in [0.29, 0.717) is 5.41 Å². The first-order valence-corrected chi connectivity index (χ1v) is 12.3. The molecule has 0 N–H and O–H groups in total. The Morgan fingerprint density at radius 3 is 2.55 bits per heavy atom. The number of rotatable bonds is 5. The summed E-state index contributed by atoms with van der Waals surface area (Å²) in [4.78, 5) is 4.29. The third-order valence-electron chi connectivity index (χ3n) is 6.38. The van der Waals surface area contributed by atoms with Crippen molar-refractivity contribution in [1.29, 1.82) is 0 Å². The molecule has 29 heavy (non-hydrogen) atoms. The number of hydrogen-bond acceptors (Lipinski definition) is 2. The van der Waals surface area contributed by atoms with Gasteiger partial charge >= 0.3 is 0 Å². The maximum Gasteiger partial charge on any atom is 0.0433 e. The second-order valence-corrected chi connectivity index (χ2v) is 11.3. The van der Waals surface area contributed by atoms with Crippen molar-refractivity contribution in [2.24, 2.45) is 11.3 Å². The second kappa shape index (κ2) is 7.54. The van der Waals surface area contributed by atoms with Crippen LogP contribution in [0.1, 0.15) is 67.9 Å². The van der Waals surface area contributed by atoms with Gasteiger partial charge in [0.2, 0.25) is 0 Å². The highest BCUT2D eigenvalue weighted by molar-refractivity contribution is 7.98. The maximum absolute atomic E-state index is 2.70. The lowest BCUT2D eigenvalue weighted by Crippen LogP contribution is -2.34. The van der Waals surface area contributed by atoms with Gasteiger partial charge in [0.1, 0.15) is 0 Å². The minimum atomic E-state index is 0.326. The van der Waals surface area contributed by atoms with Crippen LogP contribution in [-0.4, -0.2) is 11.4 Å². The first-order valence-electron chi connectivity index (χ1n) is 11.3. The van der Waals surface area contributed by atoms with Gasteiger partial charge in [0, 0.05) is 29.4 Å². The molecule has 0 atom stereocenters. The van der Waals surface area contributed by atoms with Gasteiger partial charge in [-0.2, -0.15) is 0 Å². The molecule has 2 aromatic rings. The molecule has 0 aromatic heterocycles. The minimum absolute atomic E-state index is 0.326. The topological polar surface area (TPSA) is 3.24 Å². The molecule has 1 nitrogen and oxygen atoms in total. The minimum Gasteiger partial charge on any atom is -0.370 e. The molecule has 2 heteroatoms. The van der Waals surface area contributed by atoms with Crippen molar-refractivity contribution in [3.63, 3.8) is 0 Å². The number of allylic oxidation sites excluding steroid dienone is 1. The van der Waals surface area contributed by atoms with Crippen molar-refractivity contribution in [2.45, 2.75) is 70.1 Å². The third-order valence-corrected chi connectivity index (χ3v) is 7.61. The van der Waals surface area contributed by atoms with Crippen LogP contribution in [0.15, 0.2) is 47.0 Å². The van der Waals surface area contributed by atoms with Crippen molar-refractivity contribution >= 4 is 17.8 Å². The Labute approximate surface area is 180 Å². The molecular formula is C27H33NS. The van der Waals surface area contributed by atoms with Gasteiger partial charge in [-0.15, -0.1) is 11.8 Å². The fourth-order valence-electron chi connectivity index (χ4n) is 4.98. The van der Waals surface area contributed by atoms with Gasteiger partial charge in [0.05, 0.1) is 0 Å². The number of fused-ring (bicyclic) bond motifs is 2. The molecule has 5 rings (SSSR count). The van der Waals surface area contributed by atoms with Crippen LogP contribution in [0.4, 0.5) is 0 Å². The Kier molecular flexibility index (Phi) is 5.02. The van der Waals surface area contributed by atoms with E-state index in [-0.39, 0.29) is 0 Å². The molecule has 0 amide bonds. The molecule has 0 bridgehead atoms. The Bertz CT molecular complexity index is 931. The SMILES string of the molecule is CC(C)(C)CN1Cc2cc3c(c(SCc4ccccc4)c2C=C1C1CC1)CCC3. The summed E-state index contributed by atoms with van der Waals surface area (Å²) in [5.41, 5.74) is 9.77. The summed E-state index contributed by atoms with van der Waals surface area (Å²) in [6.45, 7) is 9.37. The lowest BCUT2D eigenvalue weighted by molar-refractivity contribution is 0.218. The molecule has 2 aromatic carbocycles. The second-order valence-electron chi connectivity index (χ2n) is 10.3. The highest BCUT2D eigenvalue weighted by Gasteiger charge is 2.35. The smallest absolute Gasteiger partial charge is 0.0433 e. The summed E-state index contributed by atoms with van der Waals surface area (Å²) < 4.78 is 0. The van der Waals surface area contributed by atoms with Gasteiger partial charge in [0.25, 0.3) is 0 Å². The van der Waals surface area contributed by atoms with Crippen LogP contribution in [0.5, 0.6) is 0 Å². The molecule has 3 aliphatic rings. The quantitative estimate of drug-likeness (QED) is 0.491. The van der Waals surface area contributed by atoms with Crippen LogP contribution in [0, 0.1) is 11.3 Å². The normalized spacial score (nSPS) is 18.4. The molecule has 1 heterocycles. The average molecular weight is 404 g/mol. The number of benzene rings is 2. The van der Waals surface area contributed by atoms with E-state index >= 15 is 0 Å². The van der Waals surface area contributed by atoms with Crippen LogP contribution in [0.2, 0.25) is 0 Å². The maximum atomic E-state index is 2.70. The Morgan fingerprint density at radius 1 is 1.03 bits per heavy atom. The zero-order valence-electron chi connectivity index (χ0n) is 18.1. The van der Waals surface area contributed by atoms with Crippen molar-refractivity contribution in [1.82, 2.24) is 4.90 Å². The van der Waals surface area contributed by atoms with E-state index in [0.717, 1.165) is 24.8 Å². The number of aryl methyl sites for hydroxylation is 1. The van der Waals surface area contributed by atoms with Gasteiger partial charge in [-0.05, 0) is 77.3 Å². The van der Waals surface area contributed by atoms with Gasteiger partial charge in [0.15, 0.2) is 0 Å². The molecular weight excluding hydrogens is 370 g/mol. The number of hydrogen-bond donors (Lipinski definition) is 0. The van der Waals surface area contributed by atoms with Gasteiger partial charge in [-0.3, -0.25) is 0 Å². The molecule has 2 aliphatic carbocycles. The van der Waals surface area contributed by atoms with E-state index in [1.165, 1.54) is 37.7 Å². The van der Waals surface area contributed by atoms with Crippen LogP contribution >= 0.6 is 11.8 Å². The van der Waals surface area contributed by atoms with Gasteiger partial charge in [-0.1, -0.05) is 57.2 Å². The summed E-state index contributed by atoms with van der Waals surface area (Å²) in [5, 5.41) is 0. The van der Waals surface area contributed by atoms with Crippen LogP contribution in [0.25, 0.3) is 6.08 Å². The standard InChI is InChI=1S/C27H33NS/c1-27(2,3)18-28-16-22-14-21-10-7-11-23(21)26(24(22)15-25(28)20-12-13-20)29-17-19-8-5-4-6-9-19/h4-6,8-9,14-15,20H,7,10-13,16-18H2,1-3H3. The van der Waals surface area contributed by atoms with E-state index in [2.05, 4.69) is 79.9 Å². The molecule has 152 valence electrons. The molecule has 0 saturated heterocycles. The first-order chi connectivity index (χ1) is 14.0. The van der Waals surface area contributed by atoms with Crippen molar-refractivity contribution in [3.8, 4) is 0 Å². The largest absolute Gasteiger partial charge is 0.370 e. The number of thioether (sulfide) groups is 1. The zero-order chi connectivity index (χ0) is 20.0. The number of nitrogens with zero attached hydrogens (tertiary/aromatic N) is 1. The van der Waals surface area contributed by atoms with Crippen LogP contribution < -0.4 is 0 Å². The van der Waals surface area contributed by atoms with Crippen LogP contribution in [-0.2, 0) is 25.1 Å². The summed E-state index contributed by atoms with van der Waals surface area (Å²) in [6.07, 6.45) is 9.19. The lowest BCUT2D eigenvalue weighted by Gasteiger charge is -2.38. The molecule has 1 aliphatic heterocycles. The monoisotopic (exact) mass is 403 g/mol. The van der Waals surface area contributed by atoms with Crippen molar-refractivity contribution in [2.75, 3.05) is 6.54 Å². The fraction of sp³-hybridized carbons (Fsp3) is 0.481. The van der Waals surface area contributed by atoms with Crippen molar-refractivity contribution < 1.29 is 0 Å². The van der Waals surface area contributed by atoms with E-state index in [4.69, 9.17) is 0 Å². The third kappa shape index (κ3) is 4.14. The fourth-order valence-corrected chi connectivity index (χ4v) is 6.23. The zero-order valence-corrected chi connectivity index (χ0v) is 18.9. The summed E-state index contributed by atoms with van der Waals surface area (Å²) >= 11 is 2.08. The van der Waals surface area contributed by atoms with Gasteiger partial charge in [-0.25, -0.2) is 0 Å². The summed E-state index contributed by atoms with van der Waals surface area (Å²) in [6, 6.07) is 13.5. The van der Waals surface area contributed by atoms with E-state index in [1.54, 1.807) is 32.8 Å². The van der Waals surface area contributed by atoms with Crippen molar-refractivity contribution in [3.05, 3.63) is 69.9 Å². The van der Waals surface area contributed by atoms with Crippen LogP contribution in [0.3, 0.4) is 0 Å². The predicted octanol–water partition coefficient (Wildman–Crippen LogP) is 7.08. The van der Waals surface area contributed by atoms with E-state index in [9.17, 15) is 0 Å². The molecule has 1 fully saturated rings. The Morgan fingerprint density at radius 2 is 1.83 bits per heavy atom. The van der Waals surface area contributed by atoms with Gasteiger partial charge < -0.3 is 4.90 Å². The molecule has 0 unspecified atom stereocenters. The highest BCUT2D eigenvalue weighted by atomic mass is 32.2. The summed E-state index contributed by atoms with van der Waals surface area (Å²) in [7, 11) is 0. The first kappa shape index (κ1) is 19.3. The van der Waals surface area contributed by atoms with E-state index in [1.807, 2.05) is 0 Å². The Hall–Kier alpha value is -1.67.